The van der Waals surface area contributed by atoms with Gasteiger partial charge in [0.25, 0.3) is 5.91 Å². The van der Waals surface area contributed by atoms with E-state index >= 15 is 0 Å². The van der Waals surface area contributed by atoms with Gasteiger partial charge in [-0.3, -0.25) is 4.79 Å². The number of hydrogen-bond donors (Lipinski definition) is 2. The summed E-state index contributed by atoms with van der Waals surface area (Å²) < 4.78 is 26.5. The monoisotopic (exact) mass is 283 g/mol. The van der Waals surface area contributed by atoms with Crippen LogP contribution in [-0.2, 0) is 4.79 Å². The van der Waals surface area contributed by atoms with Gasteiger partial charge in [-0.25, -0.2) is 8.78 Å². The lowest BCUT2D eigenvalue weighted by Gasteiger charge is -2.31. The van der Waals surface area contributed by atoms with Crippen molar-refractivity contribution in [2.45, 2.75) is 20.3 Å². The second-order valence-corrected chi connectivity index (χ2v) is 5.95. The number of likely N-dealkylation sites (tertiary alicyclic amines) is 1. The van der Waals surface area contributed by atoms with Crippen LogP contribution in [0.25, 0.3) is 0 Å². The highest BCUT2D eigenvalue weighted by Crippen LogP contribution is 2.15. The van der Waals surface area contributed by atoms with Crippen LogP contribution in [-0.4, -0.2) is 25.5 Å². The van der Waals surface area contributed by atoms with Crippen LogP contribution < -0.4 is 10.2 Å². The largest absolute Gasteiger partial charge is 0.327 e. The number of halogens is 2. The van der Waals surface area contributed by atoms with Gasteiger partial charge in [0.1, 0.15) is 11.6 Å². The molecule has 1 fully saturated rings. The van der Waals surface area contributed by atoms with Gasteiger partial charge in [0.15, 0.2) is 6.54 Å². The number of piperidine rings is 1. The maximum atomic E-state index is 13.4. The van der Waals surface area contributed by atoms with Gasteiger partial charge in [-0.1, -0.05) is 13.8 Å². The molecule has 0 spiro atoms. The first-order valence-electron chi connectivity index (χ1n) is 7.02. The summed E-state index contributed by atoms with van der Waals surface area (Å²) in [6.07, 6.45) is 1.18. The summed E-state index contributed by atoms with van der Waals surface area (Å²) in [5, 5.41) is 2.45. The van der Waals surface area contributed by atoms with Crippen molar-refractivity contribution in [1.29, 1.82) is 0 Å². The van der Waals surface area contributed by atoms with Crippen LogP contribution >= 0.6 is 0 Å². The van der Waals surface area contributed by atoms with Crippen molar-refractivity contribution in [1.82, 2.24) is 0 Å². The normalized spacial score (nSPS) is 26.3. The molecule has 20 heavy (non-hydrogen) atoms. The van der Waals surface area contributed by atoms with Crippen LogP contribution in [0, 0.1) is 23.5 Å². The number of amides is 1. The van der Waals surface area contributed by atoms with Gasteiger partial charge in [0.2, 0.25) is 0 Å². The highest BCUT2D eigenvalue weighted by molar-refractivity contribution is 5.91. The Labute approximate surface area is 118 Å². The number of benzene rings is 1. The van der Waals surface area contributed by atoms with Crippen molar-refractivity contribution in [3.05, 3.63) is 29.8 Å². The fourth-order valence-corrected chi connectivity index (χ4v) is 3.08. The van der Waals surface area contributed by atoms with Gasteiger partial charge in [-0.15, -0.1) is 0 Å². The van der Waals surface area contributed by atoms with E-state index in [0.29, 0.717) is 18.4 Å². The Morgan fingerprint density at radius 3 is 2.60 bits per heavy atom. The molecule has 1 aromatic carbocycles. The third-order valence-corrected chi connectivity index (χ3v) is 3.69. The van der Waals surface area contributed by atoms with Crippen LogP contribution in [0.2, 0.25) is 0 Å². The number of hydrogen-bond acceptors (Lipinski definition) is 1. The first-order chi connectivity index (χ1) is 9.44. The lowest BCUT2D eigenvalue weighted by atomic mass is 9.92. The molecule has 1 unspecified atom stereocenters. The lowest BCUT2D eigenvalue weighted by Crippen LogP contribution is -3.15. The Bertz CT molecular complexity index is 483. The number of carbonyl (C=O) groups excluding carboxylic acids is 1. The summed E-state index contributed by atoms with van der Waals surface area (Å²) in [4.78, 5) is 13.1. The number of rotatable bonds is 3. The van der Waals surface area contributed by atoms with E-state index in [-0.39, 0.29) is 11.6 Å². The number of anilines is 1. The van der Waals surface area contributed by atoms with E-state index in [1.165, 1.54) is 11.3 Å². The van der Waals surface area contributed by atoms with E-state index in [2.05, 4.69) is 19.2 Å². The number of quaternary nitrogens is 1. The minimum absolute atomic E-state index is 0.0903. The van der Waals surface area contributed by atoms with Gasteiger partial charge in [-0.2, -0.15) is 0 Å². The van der Waals surface area contributed by atoms with E-state index in [0.717, 1.165) is 31.3 Å². The van der Waals surface area contributed by atoms with Gasteiger partial charge in [0, 0.05) is 17.9 Å². The van der Waals surface area contributed by atoms with Crippen molar-refractivity contribution in [2.24, 2.45) is 11.8 Å². The molecule has 5 heteroatoms. The third kappa shape index (κ3) is 4.00. The second-order valence-electron chi connectivity index (χ2n) is 5.95. The van der Waals surface area contributed by atoms with Crippen molar-refractivity contribution in [3.8, 4) is 0 Å². The van der Waals surface area contributed by atoms with E-state index in [1.807, 2.05) is 0 Å². The maximum absolute atomic E-state index is 13.4. The fourth-order valence-electron chi connectivity index (χ4n) is 3.08. The molecule has 1 heterocycles. The molecular weight excluding hydrogens is 262 g/mol. The Hall–Kier alpha value is -1.49. The zero-order valence-electron chi connectivity index (χ0n) is 11.9. The summed E-state index contributed by atoms with van der Waals surface area (Å²) in [5.74, 6) is -0.268. The first-order valence-corrected chi connectivity index (χ1v) is 7.02. The number of carbonyl (C=O) groups is 1. The molecule has 0 bridgehead atoms. The van der Waals surface area contributed by atoms with Crippen molar-refractivity contribution in [3.63, 3.8) is 0 Å². The average molecular weight is 283 g/mol. The Kier molecular flexibility index (Phi) is 4.70. The highest BCUT2D eigenvalue weighted by Gasteiger charge is 2.26. The molecule has 1 amide bonds. The molecular formula is C15H21F2N2O+. The van der Waals surface area contributed by atoms with Crippen molar-refractivity contribution in [2.75, 3.05) is 25.0 Å². The smallest absolute Gasteiger partial charge is 0.279 e. The van der Waals surface area contributed by atoms with Crippen molar-refractivity contribution < 1.29 is 18.5 Å². The summed E-state index contributed by atoms with van der Waals surface area (Å²) >= 11 is 0. The Morgan fingerprint density at radius 2 is 1.95 bits per heavy atom. The predicted molar refractivity (Wildman–Crippen MR) is 73.5 cm³/mol. The zero-order valence-corrected chi connectivity index (χ0v) is 11.9. The minimum atomic E-state index is -0.616. The third-order valence-electron chi connectivity index (χ3n) is 3.69. The van der Waals surface area contributed by atoms with Gasteiger partial charge < -0.3 is 10.2 Å². The molecule has 3 nitrogen and oxygen atoms in total. The van der Waals surface area contributed by atoms with Gasteiger partial charge >= 0.3 is 0 Å². The van der Waals surface area contributed by atoms with E-state index in [9.17, 15) is 13.6 Å². The predicted octanol–water partition coefficient (Wildman–Crippen LogP) is 1.46. The Morgan fingerprint density at radius 1 is 1.30 bits per heavy atom. The second kappa shape index (κ2) is 6.31. The fraction of sp³-hybridized carbons (Fsp3) is 0.533. The van der Waals surface area contributed by atoms with Crippen LogP contribution in [0.5, 0.6) is 0 Å². The summed E-state index contributed by atoms with van der Waals surface area (Å²) in [7, 11) is 0. The summed E-state index contributed by atoms with van der Waals surface area (Å²) in [5.41, 5.74) is -0.0903. The molecule has 0 saturated carbocycles. The van der Waals surface area contributed by atoms with Crippen LogP contribution in [0.3, 0.4) is 0 Å². The molecule has 1 saturated heterocycles. The van der Waals surface area contributed by atoms with E-state index in [4.69, 9.17) is 0 Å². The summed E-state index contributed by atoms with van der Waals surface area (Å²) in [6, 6.07) is 3.05. The molecule has 1 aromatic rings. The molecule has 1 aliphatic rings. The molecule has 0 aromatic heterocycles. The van der Waals surface area contributed by atoms with Gasteiger partial charge in [-0.05, 0) is 18.6 Å². The average Bonchev–Trinajstić information content (AvgIpc) is 2.32. The van der Waals surface area contributed by atoms with Crippen LogP contribution in [0.1, 0.15) is 20.3 Å². The van der Waals surface area contributed by atoms with Crippen LogP contribution in [0.15, 0.2) is 18.2 Å². The quantitative estimate of drug-likeness (QED) is 0.865. The topological polar surface area (TPSA) is 33.5 Å². The lowest BCUT2D eigenvalue weighted by molar-refractivity contribution is -0.904. The summed E-state index contributed by atoms with van der Waals surface area (Å²) in [6.45, 7) is 6.55. The maximum Gasteiger partial charge on any atom is 0.279 e. The highest BCUT2D eigenvalue weighted by atomic mass is 19.1. The van der Waals surface area contributed by atoms with Gasteiger partial charge in [0.05, 0.1) is 18.8 Å². The Balaban J connectivity index is 1.93. The van der Waals surface area contributed by atoms with E-state index in [1.54, 1.807) is 0 Å². The SMILES string of the molecule is C[C@@H]1C[C@H](C)C[NH+](CC(=O)Nc2cc(F)ccc2F)C1. The molecule has 2 rings (SSSR count). The molecule has 0 aliphatic carbocycles. The molecule has 0 radical (unpaired) electrons. The van der Waals surface area contributed by atoms with Crippen molar-refractivity contribution >= 4 is 11.6 Å². The number of nitrogens with one attached hydrogen (secondary N) is 2. The molecule has 3 atom stereocenters. The molecule has 110 valence electrons. The van der Waals surface area contributed by atoms with E-state index < -0.39 is 11.6 Å². The first kappa shape index (κ1) is 14.9. The standard InChI is InChI=1S/C15H20F2N2O/c1-10-5-11(2)8-19(7-10)9-15(20)18-14-6-12(16)3-4-13(14)17/h3-4,6,10-11H,5,7-9H2,1-2H3,(H,18,20)/p+1/t10-,11+. The minimum Gasteiger partial charge on any atom is -0.327 e. The molecule has 2 N–H and O–H groups in total. The molecule has 1 aliphatic heterocycles. The van der Waals surface area contributed by atoms with Crippen LogP contribution in [0.4, 0.5) is 14.5 Å². The zero-order chi connectivity index (χ0) is 14.7.